The molecular weight excluding hydrogens is 528 g/mol. The number of nitrogens with zero attached hydrogens (tertiary/aromatic N) is 1. The molecule has 0 atom stereocenters. The number of ether oxygens (including phenoxy) is 2. The van der Waals surface area contributed by atoms with E-state index in [0.717, 1.165) is 22.6 Å². The lowest BCUT2D eigenvalue weighted by Crippen LogP contribution is -2.27. The Labute approximate surface area is 236 Å². The summed E-state index contributed by atoms with van der Waals surface area (Å²) in [4.78, 5) is 27.4. The van der Waals surface area contributed by atoms with E-state index in [0.29, 0.717) is 26.4 Å². The Balaban J connectivity index is 1.19. The number of anilines is 2. The molecule has 0 aliphatic carbocycles. The van der Waals surface area contributed by atoms with Gasteiger partial charge < -0.3 is 14.8 Å². The van der Waals surface area contributed by atoms with Crippen molar-refractivity contribution >= 4 is 57.6 Å². The normalized spacial score (nSPS) is 14.0. The standard InChI is InChI=1S/C31H24N2O4S2/c1-21-7-5-6-10-27(21)32-29(34)20-36-24-15-11-22(12-16-24)19-28-30(35)33(31(38)39-28)23-13-17-26(18-14-23)37-25-8-3-2-4-9-25/h2-19H,20H2,1H3,(H,32,34)/b28-19-. The van der Waals surface area contributed by atoms with Gasteiger partial charge in [0, 0.05) is 5.69 Å². The summed E-state index contributed by atoms with van der Waals surface area (Å²) in [6.07, 6.45) is 1.79. The highest BCUT2D eigenvalue weighted by Crippen LogP contribution is 2.37. The summed E-state index contributed by atoms with van der Waals surface area (Å²) in [6.45, 7) is 1.82. The van der Waals surface area contributed by atoms with Crippen LogP contribution in [0.2, 0.25) is 0 Å². The van der Waals surface area contributed by atoms with E-state index in [1.54, 1.807) is 18.2 Å². The van der Waals surface area contributed by atoms with Gasteiger partial charge in [-0.15, -0.1) is 0 Å². The third-order valence-corrected chi connectivity index (χ3v) is 7.14. The molecule has 0 bridgehead atoms. The fourth-order valence-electron chi connectivity index (χ4n) is 3.84. The van der Waals surface area contributed by atoms with Crippen LogP contribution in [0.5, 0.6) is 17.2 Å². The number of benzene rings is 4. The number of carbonyl (C=O) groups excluding carboxylic acids is 2. The van der Waals surface area contributed by atoms with Crippen LogP contribution < -0.4 is 19.7 Å². The van der Waals surface area contributed by atoms with Crippen molar-refractivity contribution in [1.29, 1.82) is 0 Å². The van der Waals surface area contributed by atoms with Gasteiger partial charge in [0.2, 0.25) is 0 Å². The Kier molecular flexibility index (Phi) is 8.05. The molecule has 0 aromatic heterocycles. The van der Waals surface area contributed by atoms with Crippen molar-refractivity contribution < 1.29 is 19.1 Å². The Morgan fingerprint density at radius 1 is 0.872 bits per heavy atom. The SMILES string of the molecule is Cc1ccccc1NC(=O)COc1ccc(/C=C2\SC(=S)N(c3ccc(Oc4ccccc4)cc3)C2=O)cc1. The second kappa shape index (κ2) is 12.0. The third kappa shape index (κ3) is 6.54. The molecule has 2 amide bonds. The Hall–Kier alpha value is -4.40. The van der Waals surface area contributed by atoms with Gasteiger partial charge in [-0.1, -0.05) is 72.5 Å². The lowest BCUT2D eigenvalue weighted by molar-refractivity contribution is -0.118. The van der Waals surface area contributed by atoms with E-state index >= 15 is 0 Å². The highest BCUT2D eigenvalue weighted by atomic mass is 32.2. The maximum absolute atomic E-state index is 13.2. The molecule has 0 saturated carbocycles. The van der Waals surface area contributed by atoms with Gasteiger partial charge in [0.25, 0.3) is 11.8 Å². The number of carbonyl (C=O) groups is 2. The Morgan fingerprint density at radius 3 is 2.23 bits per heavy atom. The van der Waals surface area contributed by atoms with Crippen LogP contribution >= 0.6 is 24.0 Å². The highest BCUT2D eigenvalue weighted by Gasteiger charge is 2.33. The smallest absolute Gasteiger partial charge is 0.270 e. The van der Waals surface area contributed by atoms with Gasteiger partial charge in [-0.25, -0.2) is 0 Å². The molecule has 0 unspecified atom stereocenters. The number of thioether (sulfide) groups is 1. The summed E-state index contributed by atoms with van der Waals surface area (Å²) < 4.78 is 11.9. The molecule has 4 aromatic carbocycles. The fraction of sp³-hybridized carbons (Fsp3) is 0.0645. The maximum atomic E-state index is 13.2. The number of amides is 2. The molecule has 1 aliphatic rings. The topological polar surface area (TPSA) is 67.9 Å². The second-order valence-electron chi connectivity index (χ2n) is 8.65. The third-order valence-electron chi connectivity index (χ3n) is 5.83. The molecule has 0 radical (unpaired) electrons. The van der Waals surface area contributed by atoms with Crippen molar-refractivity contribution in [1.82, 2.24) is 0 Å². The lowest BCUT2D eigenvalue weighted by atomic mass is 10.2. The first-order valence-corrected chi connectivity index (χ1v) is 13.4. The number of nitrogens with one attached hydrogen (secondary N) is 1. The highest BCUT2D eigenvalue weighted by molar-refractivity contribution is 8.27. The van der Waals surface area contributed by atoms with Crippen LogP contribution in [0.1, 0.15) is 11.1 Å². The molecular formula is C31H24N2O4S2. The van der Waals surface area contributed by atoms with Crippen LogP contribution in [0.25, 0.3) is 6.08 Å². The lowest BCUT2D eigenvalue weighted by Gasteiger charge is -2.15. The van der Waals surface area contributed by atoms with Crippen molar-refractivity contribution in [3.05, 3.63) is 119 Å². The molecule has 194 valence electrons. The predicted octanol–water partition coefficient (Wildman–Crippen LogP) is 7.21. The van der Waals surface area contributed by atoms with Crippen molar-refractivity contribution in [2.75, 3.05) is 16.8 Å². The number of aryl methyl sites for hydroxylation is 1. The van der Waals surface area contributed by atoms with Gasteiger partial charge in [0.15, 0.2) is 10.9 Å². The average molecular weight is 553 g/mol. The van der Waals surface area contributed by atoms with Gasteiger partial charge in [-0.2, -0.15) is 0 Å². The molecule has 8 heteroatoms. The molecule has 5 rings (SSSR count). The summed E-state index contributed by atoms with van der Waals surface area (Å²) in [5.41, 5.74) is 3.23. The largest absolute Gasteiger partial charge is 0.484 e. The van der Waals surface area contributed by atoms with Gasteiger partial charge in [-0.3, -0.25) is 14.5 Å². The molecule has 1 heterocycles. The van der Waals surface area contributed by atoms with E-state index in [1.165, 1.54) is 16.7 Å². The fourth-order valence-corrected chi connectivity index (χ4v) is 5.14. The Bertz CT molecular complexity index is 1540. The first kappa shape index (κ1) is 26.2. The molecule has 1 N–H and O–H groups in total. The summed E-state index contributed by atoms with van der Waals surface area (Å²) in [7, 11) is 0. The molecule has 0 spiro atoms. The number of rotatable bonds is 8. The zero-order valence-corrected chi connectivity index (χ0v) is 22.6. The molecule has 1 saturated heterocycles. The number of hydrogen-bond donors (Lipinski definition) is 1. The number of hydrogen-bond acceptors (Lipinski definition) is 6. The molecule has 1 fully saturated rings. The minimum absolute atomic E-state index is 0.110. The van der Waals surface area contributed by atoms with E-state index in [-0.39, 0.29) is 18.4 Å². The van der Waals surface area contributed by atoms with Gasteiger partial charge in [0.1, 0.15) is 17.2 Å². The quantitative estimate of drug-likeness (QED) is 0.184. The van der Waals surface area contributed by atoms with Gasteiger partial charge in [-0.05, 0) is 78.7 Å². The van der Waals surface area contributed by atoms with E-state index in [4.69, 9.17) is 21.7 Å². The van der Waals surface area contributed by atoms with E-state index < -0.39 is 0 Å². The minimum atomic E-state index is -0.239. The van der Waals surface area contributed by atoms with Crippen molar-refractivity contribution in [3.8, 4) is 17.2 Å². The minimum Gasteiger partial charge on any atom is -0.484 e. The Morgan fingerprint density at radius 2 is 1.51 bits per heavy atom. The summed E-state index contributed by atoms with van der Waals surface area (Å²) in [6, 6.07) is 31.5. The molecule has 1 aliphatic heterocycles. The van der Waals surface area contributed by atoms with Crippen molar-refractivity contribution in [2.45, 2.75) is 6.92 Å². The molecule has 4 aromatic rings. The first-order valence-electron chi connectivity index (χ1n) is 12.2. The van der Waals surface area contributed by atoms with Crippen LogP contribution in [0.4, 0.5) is 11.4 Å². The van der Waals surface area contributed by atoms with Gasteiger partial charge >= 0.3 is 0 Å². The maximum Gasteiger partial charge on any atom is 0.270 e. The van der Waals surface area contributed by atoms with Gasteiger partial charge in [0.05, 0.1) is 10.6 Å². The summed E-state index contributed by atoms with van der Waals surface area (Å²) in [5, 5.41) is 2.84. The van der Waals surface area contributed by atoms with Crippen LogP contribution in [-0.4, -0.2) is 22.7 Å². The van der Waals surface area contributed by atoms with E-state index in [2.05, 4.69) is 5.32 Å². The molecule has 39 heavy (non-hydrogen) atoms. The van der Waals surface area contributed by atoms with Crippen LogP contribution in [0.3, 0.4) is 0 Å². The van der Waals surface area contributed by atoms with Crippen LogP contribution in [0.15, 0.2) is 108 Å². The zero-order valence-electron chi connectivity index (χ0n) is 21.0. The summed E-state index contributed by atoms with van der Waals surface area (Å²) >= 11 is 6.76. The van der Waals surface area contributed by atoms with Crippen LogP contribution in [0, 0.1) is 6.92 Å². The van der Waals surface area contributed by atoms with E-state index in [1.807, 2.05) is 97.9 Å². The average Bonchev–Trinajstić information content (AvgIpc) is 3.23. The van der Waals surface area contributed by atoms with Crippen LogP contribution in [-0.2, 0) is 9.59 Å². The first-order chi connectivity index (χ1) is 19.0. The monoisotopic (exact) mass is 552 g/mol. The summed E-state index contributed by atoms with van der Waals surface area (Å²) in [5.74, 6) is 1.53. The molecule has 6 nitrogen and oxygen atoms in total. The second-order valence-corrected chi connectivity index (χ2v) is 10.3. The van der Waals surface area contributed by atoms with E-state index in [9.17, 15) is 9.59 Å². The predicted molar refractivity (Wildman–Crippen MR) is 160 cm³/mol. The number of para-hydroxylation sites is 2. The van der Waals surface area contributed by atoms with Crippen molar-refractivity contribution in [3.63, 3.8) is 0 Å². The van der Waals surface area contributed by atoms with Crippen molar-refractivity contribution in [2.24, 2.45) is 0 Å². The number of thiocarbonyl (C=S) groups is 1. The zero-order chi connectivity index (χ0) is 27.2.